The number of likely N-dealkylation sites (tertiary alicyclic amines) is 1. The summed E-state index contributed by atoms with van der Waals surface area (Å²) in [6, 6.07) is 0. The molecule has 0 amide bonds. The van der Waals surface area contributed by atoms with E-state index in [0.29, 0.717) is 0 Å². The molecule has 0 aromatic heterocycles. The van der Waals surface area contributed by atoms with Gasteiger partial charge in [-0.2, -0.15) is 0 Å². The van der Waals surface area contributed by atoms with Crippen LogP contribution in [-0.2, 0) is 4.79 Å². The predicted octanol–water partition coefficient (Wildman–Crippen LogP) is -2.41. The van der Waals surface area contributed by atoms with Crippen molar-refractivity contribution in [1.82, 2.24) is 4.90 Å². The third-order valence-corrected chi connectivity index (χ3v) is 2.38. The second kappa shape index (κ2) is 5.53. The van der Waals surface area contributed by atoms with E-state index in [1.807, 2.05) is 7.05 Å². The van der Waals surface area contributed by atoms with Crippen LogP contribution in [0.15, 0.2) is 0 Å². The van der Waals surface area contributed by atoms with Gasteiger partial charge < -0.3 is 15.6 Å². The number of hydrogen-bond acceptors (Lipinski definition) is 2. The minimum absolute atomic E-state index is 0. The summed E-state index contributed by atoms with van der Waals surface area (Å²) in [5.74, 6) is 5.27. The van der Waals surface area contributed by atoms with Gasteiger partial charge in [0.2, 0.25) is 0 Å². The maximum Gasteiger partial charge on any atom is 1.00 e. The first-order chi connectivity index (χ1) is 5.19. The van der Waals surface area contributed by atoms with Gasteiger partial charge in [-0.3, -0.25) is 5.92 Å². The van der Waals surface area contributed by atoms with Gasteiger partial charge in [-0.1, -0.05) is 6.92 Å². The summed E-state index contributed by atoms with van der Waals surface area (Å²) in [6.07, 6.45) is 3.82. The van der Waals surface area contributed by atoms with E-state index in [-0.39, 0.29) is 56.9 Å². The molecule has 0 saturated carbocycles. The Bertz CT molecular complexity index is 218. The Kier molecular flexibility index (Phi) is 5.92. The zero-order valence-corrected chi connectivity index (χ0v) is 11.1. The standard InChI is InChI=1S/C9H12NO.K/c1-9(6-4-8-11)5-3-7-10(9)2;/h3,5,7H2,1-2H3;/q-1;+1. The van der Waals surface area contributed by atoms with Crippen LogP contribution in [0.5, 0.6) is 0 Å². The van der Waals surface area contributed by atoms with Crippen LogP contribution in [0.1, 0.15) is 19.8 Å². The van der Waals surface area contributed by atoms with Crippen LogP contribution in [0.3, 0.4) is 0 Å². The molecule has 0 bridgehead atoms. The minimum Gasteiger partial charge on any atom is -0.409 e. The van der Waals surface area contributed by atoms with Crippen molar-refractivity contribution < 1.29 is 56.2 Å². The maximum absolute atomic E-state index is 9.89. The zero-order valence-electron chi connectivity index (χ0n) is 7.98. The van der Waals surface area contributed by atoms with E-state index in [2.05, 4.69) is 23.7 Å². The topological polar surface area (TPSA) is 20.3 Å². The fraction of sp³-hybridized carbons (Fsp3) is 0.667. The van der Waals surface area contributed by atoms with Crippen LogP contribution < -0.4 is 51.4 Å². The Morgan fingerprint density at radius 1 is 1.58 bits per heavy atom. The van der Waals surface area contributed by atoms with Crippen molar-refractivity contribution >= 4 is 6.29 Å². The van der Waals surface area contributed by atoms with Crippen molar-refractivity contribution in [2.24, 2.45) is 0 Å². The molecule has 0 aromatic rings. The first kappa shape index (κ1) is 12.8. The predicted molar refractivity (Wildman–Crippen MR) is 43.7 cm³/mol. The van der Waals surface area contributed by atoms with Gasteiger partial charge in [-0.15, -0.1) is 0 Å². The maximum atomic E-state index is 9.89. The number of nitrogens with zero attached hydrogens (tertiary/aromatic N) is 1. The molecule has 12 heavy (non-hydrogen) atoms. The molecule has 3 heteroatoms. The van der Waals surface area contributed by atoms with E-state index >= 15 is 0 Å². The Morgan fingerprint density at radius 2 is 2.25 bits per heavy atom. The minimum atomic E-state index is -0.0859. The van der Waals surface area contributed by atoms with Crippen molar-refractivity contribution in [2.75, 3.05) is 13.6 Å². The Balaban J connectivity index is 0.00000121. The number of carbonyl (C=O) groups excluding carboxylic acids is 1. The van der Waals surface area contributed by atoms with Gasteiger partial charge in [0.15, 0.2) is 0 Å². The summed E-state index contributed by atoms with van der Waals surface area (Å²) < 4.78 is 0. The molecule has 1 unspecified atom stereocenters. The van der Waals surface area contributed by atoms with Crippen LogP contribution in [0, 0.1) is 11.8 Å². The molecule has 1 fully saturated rings. The van der Waals surface area contributed by atoms with Gasteiger partial charge in [0, 0.05) is 6.29 Å². The average Bonchev–Trinajstić information content (AvgIpc) is 2.30. The van der Waals surface area contributed by atoms with Crippen molar-refractivity contribution in [3.63, 3.8) is 0 Å². The normalized spacial score (nSPS) is 28.5. The van der Waals surface area contributed by atoms with Gasteiger partial charge in [0.05, 0.1) is 0 Å². The molecule has 1 rings (SSSR count). The molecule has 0 N–H and O–H groups in total. The SMILES string of the molecule is CN1CCCC1(C)C#C[C-]=O.[K+]. The second-order valence-corrected chi connectivity index (χ2v) is 3.15. The summed E-state index contributed by atoms with van der Waals surface area (Å²) in [4.78, 5) is 12.1. The first-order valence-electron chi connectivity index (χ1n) is 3.79. The second-order valence-electron chi connectivity index (χ2n) is 3.15. The monoisotopic (exact) mass is 189 g/mol. The van der Waals surface area contributed by atoms with Gasteiger partial charge in [0.25, 0.3) is 0 Å². The Labute approximate surface area is 116 Å². The van der Waals surface area contributed by atoms with Crippen LogP contribution in [0.25, 0.3) is 0 Å². The smallest absolute Gasteiger partial charge is 0.409 e. The molecule has 1 saturated heterocycles. The van der Waals surface area contributed by atoms with Crippen LogP contribution in [0.2, 0.25) is 0 Å². The first-order valence-corrected chi connectivity index (χ1v) is 3.79. The summed E-state index contributed by atoms with van der Waals surface area (Å²) >= 11 is 0. The molecule has 1 aliphatic rings. The van der Waals surface area contributed by atoms with E-state index in [1.165, 1.54) is 6.42 Å². The molecular weight excluding hydrogens is 177 g/mol. The van der Waals surface area contributed by atoms with Gasteiger partial charge in [0.1, 0.15) is 0 Å². The number of rotatable bonds is 0. The van der Waals surface area contributed by atoms with Crippen LogP contribution in [0.4, 0.5) is 0 Å². The summed E-state index contributed by atoms with van der Waals surface area (Å²) in [5.41, 5.74) is -0.0859. The van der Waals surface area contributed by atoms with Crippen molar-refractivity contribution in [1.29, 1.82) is 0 Å². The van der Waals surface area contributed by atoms with Gasteiger partial charge in [-0.05, 0) is 32.0 Å². The largest absolute Gasteiger partial charge is 1.00 e. The molecule has 1 atom stereocenters. The Morgan fingerprint density at radius 3 is 2.67 bits per heavy atom. The summed E-state index contributed by atoms with van der Waals surface area (Å²) in [7, 11) is 2.03. The summed E-state index contributed by atoms with van der Waals surface area (Å²) in [6.45, 7) is 3.13. The third kappa shape index (κ3) is 2.95. The Hall–Kier alpha value is 0.826. The fourth-order valence-corrected chi connectivity index (χ4v) is 1.42. The van der Waals surface area contributed by atoms with Gasteiger partial charge in [-0.25, -0.2) is 0 Å². The molecule has 0 aliphatic carbocycles. The molecule has 2 nitrogen and oxygen atoms in total. The molecule has 0 aromatic carbocycles. The van der Waals surface area contributed by atoms with E-state index in [0.717, 1.165) is 13.0 Å². The molecule has 0 radical (unpaired) electrons. The quantitative estimate of drug-likeness (QED) is 0.240. The van der Waals surface area contributed by atoms with Crippen LogP contribution >= 0.6 is 0 Å². The zero-order chi connectivity index (χ0) is 8.32. The average molecular weight is 189 g/mol. The molecule has 60 valence electrons. The van der Waals surface area contributed by atoms with Crippen molar-refractivity contribution in [3.05, 3.63) is 0 Å². The molecular formula is C9H12KNO. The van der Waals surface area contributed by atoms with E-state index in [4.69, 9.17) is 0 Å². The van der Waals surface area contributed by atoms with E-state index in [1.54, 1.807) is 6.29 Å². The van der Waals surface area contributed by atoms with Crippen molar-refractivity contribution in [2.45, 2.75) is 25.3 Å². The van der Waals surface area contributed by atoms with Crippen LogP contribution in [-0.4, -0.2) is 30.3 Å². The molecule has 1 heterocycles. The van der Waals surface area contributed by atoms with Gasteiger partial charge >= 0.3 is 51.4 Å². The van der Waals surface area contributed by atoms with E-state index < -0.39 is 0 Å². The number of hydrogen-bond donors (Lipinski definition) is 0. The molecule has 1 aliphatic heterocycles. The van der Waals surface area contributed by atoms with Crippen molar-refractivity contribution in [3.8, 4) is 11.8 Å². The fourth-order valence-electron chi connectivity index (χ4n) is 1.42. The van der Waals surface area contributed by atoms with E-state index in [9.17, 15) is 4.79 Å². The third-order valence-electron chi connectivity index (χ3n) is 2.38. The molecule has 0 spiro atoms. The summed E-state index contributed by atoms with van der Waals surface area (Å²) in [5, 5.41) is 0.